The van der Waals surface area contributed by atoms with Crippen LogP contribution in [0, 0.1) is 11.3 Å². The Morgan fingerprint density at radius 3 is 2.64 bits per heavy atom. The van der Waals surface area contributed by atoms with Gasteiger partial charge in [0, 0.05) is 6.92 Å². The molecule has 0 radical (unpaired) electrons. The first-order valence-corrected chi connectivity index (χ1v) is 4.02. The highest BCUT2D eigenvalue weighted by molar-refractivity contribution is 5.81. The van der Waals surface area contributed by atoms with Crippen LogP contribution in [-0.2, 0) is 4.79 Å². The lowest BCUT2D eigenvalue weighted by Gasteiger charge is -1.93. The predicted octanol–water partition coefficient (Wildman–Crippen LogP) is 1.03. The van der Waals surface area contributed by atoms with Gasteiger partial charge in [0.05, 0.1) is 17.8 Å². The van der Waals surface area contributed by atoms with Gasteiger partial charge in [-0.3, -0.25) is 4.79 Å². The molecular weight excluding hydrogens is 178 g/mol. The van der Waals surface area contributed by atoms with Crippen LogP contribution in [0.15, 0.2) is 29.4 Å². The van der Waals surface area contributed by atoms with E-state index in [1.165, 1.54) is 13.1 Å². The molecule has 0 spiro atoms. The van der Waals surface area contributed by atoms with Gasteiger partial charge in [-0.25, -0.2) is 5.43 Å². The van der Waals surface area contributed by atoms with Gasteiger partial charge < -0.3 is 0 Å². The van der Waals surface area contributed by atoms with E-state index in [9.17, 15) is 4.79 Å². The van der Waals surface area contributed by atoms with Crippen LogP contribution in [-0.4, -0.2) is 12.1 Å². The smallest absolute Gasteiger partial charge is 0.236 e. The van der Waals surface area contributed by atoms with E-state index in [1.54, 1.807) is 24.3 Å². The molecule has 1 rings (SSSR count). The quantitative estimate of drug-likeness (QED) is 0.555. The van der Waals surface area contributed by atoms with E-state index >= 15 is 0 Å². The van der Waals surface area contributed by atoms with Gasteiger partial charge in [0.25, 0.3) is 0 Å². The summed E-state index contributed by atoms with van der Waals surface area (Å²) >= 11 is 0. The zero-order chi connectivity index (χ0) is 10.4. The normalized spacial score (nSPS) is 9.71. The Morgan fingerprint density at radius 1 is 1.50 bits per heavy atom. The van der Waals surface area contributed by atoms with Crippen LogP contribution in [0.4, 0.5) is 0 Å². The van der Waals surface area contributed by atoms with Crippen LogP contribution in [0.3, 0.4) is 0 Å². The highest BCUT2D eigenvalue weighted by atomic mass is 16.2. The first-order valence-electron chi connectivity index (χ1n) is 4.02. The monoisotopic (exact) mass is 187 g/mol. The van der Waals surface area contributed by atoms with Gasteiger partial charge in [-0.15, -0.1) is 0 Å². The van der Waals surface area contributed by atoms with E-state index < -0.39 is 0 Å². The zero-order valence-electron chi connectivity index (χ0n) is 7.69. The summed E-state index contributed by atoms with van der Waals surface area (Å²) in [6.07, 6.45) is 1.52. The fourth-order valence-corrected chi connectivity index (χ4v) is 0.841. The summed E-state index contributed by atoms with van der Waals surface area (Å²) in [6, 6.07) is 8.90. The number of nitrogens with zero attached hydrogens (tertiary/aromatic N) is 2. The molecule has 0 aliphatic carbocycles. The lowest BCUT2D eigenvalue weighted by Crippen LogP contribution is -2.12. The number of carbonyl (C=O) groups is 1. The van der Waals surface area contributed by atoms with Crippen molar-refractivity contribution in [2.24, 2.45) is 5.10 Å². The molecule has 4 nitrogen and oxygen atoms in total. The number of rotatable bonds is 2. The Balaban J connectivity index is 2.65. The fraction of sp³-hybridized carbons (Fsp3) is 0.100. The molecule has 14 heavy (non-hydrogen) atoms. The van der Waals surface area contributed by atoms with Crippen molar-refractivity contribution in [1.82, 2.24) is 5.43 Å². The fourth-order valence-electron chi connectivity index (χ4n) is 0.841. The number of carbonyl (C=O) groups excluding carboxylic acids is 1. The molecule has 70 valence electrons. The molecule has 0 bridgehead atoms. The van der Waals surface area contributed by atoms with Gasteiger partial charge in [0.2, 0.25) is 5.91 Å². The standard InChI is InChI=1S/C10H9N3O/c1-8(14)13-12-7-10-4-2-9(6-11)3-5-10/h2-5,7H,1H3,(H,13,14). The molecule has 1 aromatic carbocycles. The van der Waals surface area contributed by atoms with Gasteiger partial charge in [-0.2, -0.15) is 10.4 Å². The van der Waals surface area contributed by atoms with Crippen molar-refractivity contribution in [2.75, 3.05) is 0 Å². The molecule has 1 amide bonds. The Hall–Kier alpha value is -2.15. The number of amides is 1. The molecule has 0 aromatic heterocycles. The second kappa shape index (κ2) is 4.77. The second-order valence-corrected chi connectivity index (χ2v) is 2.66. The number of hydrazone groups is 1. The van der Waals surface area contributed by atoms with Crippen molar-refractivity contribution >= 4 is 12.1 Å². The number of nitrogens with one attached hydrogen (secondary N) is 1. The third kappa shape index (κ3) is 3.07. The first kappa shape index (κ1) is 9.93. The van der Waals surface area contributed by atoms with Crippen molar-refractivity contribution in [1.29, 1.82) is 5.26 Å². The van der Waals surface area contributed by atoms with Crippen LogP contribution >= 0.6 is 0 Å². The molecule has 0 aliphatic heterocycles. The maximum Gasteiger partial charge on any atom is 0.236 e. The molecule has 0 atom stereocenters. The topological polar surface area (TPSA) is 65.2 Å². The molecule has 1 aromatic rings. The van der Waals surface area contributed by atoms with Crippen molar-refractivity contribution < 1.29 is 4.79 Å². The second-order valence-electron chi connectivity index (χ2n) is 2.66. The third-order valence-corrected chi connectivity index (χ3v) is 1.48. The van der Waals surface area contributed by atoms with E-state index in [2.05, 4.69) is 10.5 Å². The van der Waals surface area contributed by atoms with Gasteiger partial charge in [-0.05, 0) is 17.7 Å². The van der Waals surface area contributed by atoms with E-state index in [4.69, 9.17) is 5.26 Å². The third-order valence-electron chi connectivity index (χ3n) is 1.48. The van der Waals surface area contributed by atoms with Crippen molar-refractivity contribution in [3.05, 3.63) is 35.4 Å². The Morgan fingerprint density at radius 2 is 2.14 bits per heavy atom. The maximum absolute atomic E-state index is 10.5. The molecule has 0 saturated heterocycles. The van der Waals surface area contributed by atoms with Crippen LogP contribution in [0.2, 0.25) is 0 Å². The lowest BCUT2D eigenvalue weighted by molar-refractivity contribution is -0.118. The Labute approximate surface area is 81.9 Å². The zero-order valence-corrected chi connectivity index (χ0v) is 7.69. The summed E-state index contributed by atoms with van der Waals surface area (Å²) in [4.78, 5) is 10.5. The summed E-state index contributed by atoms with van der Waals surface area (Å²) in [5.41, 5.74) is 3.72. The number of hydrogen-bond acceptors (Lipinski definition) is 3. The average Bonchev–Trinajstić information content (AvgIpc) is 2.18. The minimum Gasteiger partial charge on any atom is -0.274 e. The number of hydrogen-bond donors (Lipinski definition) is 1. The van der Waals surface area contributed by atoms with E-state index in [1.807, 2.05) is 6.07 Å². The molecule has 0 saturated carbocycles. The largest absolute Gasteiger partial charge is 0.274 e. The van der Waals surface area contributed by atoms with Crippen LogP contribution in [0.1, 0.15) is 18.1 Å². The summed E-state index contributed by atoms with van der Waals surface area (Å²) in [6.45, 7) is 1.39. The maximum atomic E-state index is 10.5. The minimum absolute atomic E-state index is 0.213. The van der Waals surface area contributed by atoms with Crippen molar-refractivity contribution in [2.45, 2.75) is 6.92 Å². The SMILES string of the molecule is CC(=O)NN=Cc1ccc(C#N)cc1. The molecule has 0 unspecified atom stereocenters. The summed E-state index contributed by atoms with van der Waals surface area (Å²) in [5.74, 6) is -0.213. The molecular formula is C10H9N3O. The first-order chi connectivity index (χ1) is 6.72. The van der Waals surface area contributed by atoms with Crippen LogP contribution < -0.4 is 5.43 Å². The van der Waals surface area contributed by atoms with Gasteiger partial charge >= 0.3 is 0 Å². The van der Waals surface area contributed by atoms with Gasteiger partial charge in [0.15, 0.2) is 0 Å². The van der Waals surface area contributed by atoms with E-state index in [-0.39, 0.29) is 5.91 Å². The summed E-state index contributed by atoms with van der Waals surface area (Å²) in [7, 11) is 0. The van der Waals surface area contributed by atoms with Crippen LogP contribution in [0.25, 0.3) is 0 Å². The predicted molar refractivity (Wildman–Crippen MR) is 52.6 cm³/mol. The lowest BCUT2D eigenvalue weighted by atomic mass is 10.2. The summed E-state index contributed by atoms with van der Waals surface area (Å²) < 4.78 is 0. The highest BCUT2D eigenvalue weighted by Gasteiger charge is 1.90. The molecule has 0 fully saturated rings. The molecule has 4 heteroatoms. The Kier molecular flexibility index (Phi) is 3.39. The van der Waals surface area contributed by atoms with Crippen molar-refractivity contribution in [3.8, 4) is 6.07 Å². The van der Waals surface area contributed by atoms with Crippen LogP contribution in [0.5, 0.6) is 0 Å². The molecule has 1 N–H and O–H groups in total. The molecule has 0 aliphatic rings. The van der Waals surface area contributed by atoms with E-state index in [0.29, 0.717) is 5.56 Å². The molecule has 0 heterocycles. The number of benzene rings is 1. The van der Waals surface area contributed by atoms with Crippen molar-refractivity contribution in [3.63, 3.8) is 0 Å². The Bertz CT molecular complexity index is 387. The minimum atomic E-state index is -0.213. The van der Waals surface area contributed by atoms with Gasteiger partial charge in [-0.1, -0.05) is 12.1 Å². The van der Waals surface area contributed by atoms with E-state index in [0.717, 1.165) is 5.56 Å². The summed E-state index contributed by atoms with van der Waals surface area (Å²) in [5, 5.41) is 12.2. The highest BCUT2D eigenvalue weighted by Crippen LogP contribution is 2.00. The average molecular weight is 187 g/mol. The number of nitriles is 1. The van der Waals surface area contributed by atoms with Gasteiger partial charge in [0.1, 0.15) is 0 Å².